The fourth-order valence-electron chi connectivity index (χ4n) is 5.56. The first-order valence-corrected chi connectivity index (χ1v) is 10.0. The lowest BCUT2D eigenvalue weighted by Crippen LogP contribution is -2.48. The van der Waals surface area contributed by atoms with Gasteiger partial charge in [0.05, 0.1) is 36.7 Å². The van der Waals surface area contributed by atoms with Crippen molar-refractivity contribution in [3.8, 4) is 17.6 Å². The molecule has 0 amide bonds. The molecule has 1 saturated carbocycles. The van der Waals surface area contributed by atoms with Crippen molar-refractivity contribution in [1.29, 1.82) is 5.26 Å². The number of pyridine rings is 1. The molecule has 2 aliphatic rings. The minimum atomic E-state index is -1.30. The Morgan fingerprint density at radius 3 is 2.53 bits per heavy atom. The highest BCUT2D eigenvalue weighted by Crippen LogP contribution is 2.69. The Labute approximate surface area is 175 Å². The van der Waals surface area contributed by atoms with Gasteiger partial charge in [-0.3, -0.25) is 4.98 Å². The number of fused-ring (bicyclic) bond motifs is 3. The number of rotatable bonds is 3. The van der Waals surface area contributed by atoms with Crippen molar-refractivity contribution in [2.45, 2.75) is 30.5 Å². The lowest BCUT2D eigenvalue weighted by Gasteiger charge is -2.40. The molecule has 1 aliphatic heterocycles. The smallest absolute Gasteiger partial charge is 0.174 e. The molecule has 1 fully saturated rings. The fraction of sp³-hybridized carbons (Fsp3) is 0.280. The van der Waals surface area contributed by atoms with E-state index in [2.05, 4.69) is 30.1 Å². The van der Waals surface area contributed by atoms with Crippen molar-refractivity contribution >= 4 is 0 Å². The van der Waals surface area contributed by atoms with E-state index in [-0.39, 0.29) is 11.8 Å². The zero-order valence-electron chi connectivity index (χ0n) is 16.9. The first-order chi connectivity index (χ1) is 14.5. The molecule has 1 aliphatic carbocycles. The van der Waals surface area contributed by atoms with Crippen LogP contribution < -0.4 is 9.47 Å². The molecule has 5 heteroatoms. The Bertz CT molecular complexity index is 1140. The average molecular weight is 398 g/mol. The number of hydrogen-bond acceptors (Lipinski definition) is 5. The van der Waals surface area contributed by atoms with Gasteiger partial charge in [0.1, 0.15) is 17.1 Å². The largest absolute Gasteiger partial charge is 0.495 e. The van der Waals surface area contributed by atoms with Crippen LogP contribution in [0.3, 0.4) is 0 Å². The number of nitrogens with zero attached hydrogens (tertiary/aromatic N) is 2. The summed E-state index contributed by atoms with van der Waals surface area (Å²) >= 11 is 0. The van der Waals surface area contributed by atoms with Crippen LogP contribution in [-0.4, -0.2) is 17.2 Å². The summed E-state index contributed by atoms with van der Waals surface area (Å²) in [4.78, 5) is 4.25. The van der Waals surface area contributed by atoms with Gasteiger partial charge in [-0.1, -0.05) is 49.4 Å². The molecule has 0 saturated heterocycles. The van der Waals surface area contributed by atoms with Crippen LogP contribution in [0, 0.1) is 17.2 Å². The first-order valence-electron chi connectivity index (χ1n) is 10.0. The Morgan fingerprint density at radius 1 is 1.13 bits per heavy atom. The lowest BCUT2D eigenvalue weighted by molar-refractivity contribution is -0.106. The predicted octanol–water partition coefficient (Wildman–Crippen LogP) is 4.26. The van der Waals surface area contributed by atoms with E-state index in [9.17, 15) is 10.4 Å². The second-order valence-electron chi connectivity index (χ2n) is 8.17. The van der Waals surface area contributed by atoms with E-state index in [1.165, 1.54) is 0 Å². The second kappa shape index (κ2) is 6.58. The molecule has 2 heterocycles. The third-order valence-electron chi connectivity index (χ3n) is 6.62. The molecule has 0 bridgehead atoms. The number of benzene rings is 2. The van der Waals surface area contributed by atoms with E-state index < -0.39 is 11.2 Å². The van der Waals surface area contributed by atoms with Crippen LogP contribution in [0.1, 0.15) is 41.5 Å². The van der Waals surface area contributed by atoms with Gasteiger partial charge in [0.25, 0.3) is 0 Å². The van der Waals surface area contributed by atoms with Gasteiger partial charge < -0.3 is 14.6 Å². The summed E-state index contributed by atoms with van der Waals surface area (Å²) in [5.74, 6) is 1.09. The molecule has 0 radical (unpaired) electrons. The van der Waals surface area contributed by atoms with Crippen molar-refractivity contribution < 1.29 is 14.6 Å². The predicted molar refractivity (Wildman–Crippen MR) is 111 cm³/mol. The van der Waals surface area contributed by atoms with E-state index in [1.54, 1.807) is 31.6 Å². The number of hydrogen-bond donors (Lipinski definition) is 1. The summed E-state index contributed by atoms with van der Waals surface area (Å²) in [5, 5.41) is 21.6. The van der Waals surface area contributed by atoms with Crippen LogP contribution in [0.5, 0.6) is 11.5 Å². The van der Waals surface area contributed by atoms with E-state index in [1.807, 2.05) is 30.3 Å². The highest BCUT2D eigenvalue weighted by Gasteiger charge is 2.71. The lowest BCUT2D eigenvalue weighted by atomic mass is 9.71. The molecule has 4 atom stereocenters. The zero-order valence-corrected chi connectivity index (χ0v) is 16.9. The molecular weight excluding hydrogens is 376 g/mol. The van der Waals surface area contributed by atoms with Gasteiger partial charge in [0, 0.05) is 5.92 Å². The number of nitriles is 1. The molecule has 150 valence electrons. The van der Waals surface area contributed by atoms with Crippen LogP contribution in [0.15, 0.2) is 67.0 Å². The Morgan fingerprint density at radius 2 is 1.87 bits per heavy atom. The summed E-state index contributed by atoms with van der Waals surface area (Å²) in [6.07, 6.45) is 3.78. The zero-order chi connectivity index (χ0) is 20.9. The normalized spacial score (nSPS) is 28.9. The third-order valence-corrected chi connectivity index (χ3v) is 6.62. The molecule has 2 aromatic carbocycles. The van der Waals surface area contributed by atoms with Crippen LogP contribution in [0.4, 0.5) is 0 Å². The van der Waals surface area contributed by atoms with Crippen molar-refractivity contribution in [1.82, 2.24) is 4.98 Å². The van der Waals surface area contributed by atoms with Crippen molar-refractivity contribution in [2.24, 2.45) is 5.92 Å². The average Bonchev–Trinajstić information content (AvgIpc) is 3.16. The van der Waals surface area contributed by atoms with Crippen LogP contribution in [-0.2, 0) is 11.2 Å². The highest BCUT2D eigenvalue weighted by molar-refractivity contribution is 5.58. The Kier molecular flexibility index (Phi) is 4.09. The maximum atomic E-state index is 12.3. The summed E-state index contributed by atoms with van der Waals surface area (Å²) in [6, 6.07) is 19.7. The van der Waals surface area contributed by atoms with Crippen molar-refractivity contribution in [3.05, 3.63) is 89.2 Å². The standard InChI is InChI=1S/C25H22N2O3/c1-16-12-24(28)23-20(29-2)14-27-15-21(23)30-25(24,19-10-8-17(13-26)9-11-19)22(16)18-6-4-3-5-7-18/h3-11,14-16,22,28H,12H2,1-2H3/t16?,22?,24?,25-/m0/s1. The SMILES string of the molecule is COc1cncc2c1C1(O)CC(C)C(c3ccccc3)[C@]1(c1ccc(C#N)cc1)O2. The number of ether oxygens (including phenoxy) is 2. The minimum absolute atomic E-state index is 0.103. The first kappa shape index (κ1) is 18.7. The Hall–Kier alpha value is -3.36. The van der Waals surface area contributed by atoms with Crippen molar-refractivity contribution in [2.75, 3.05) is 7.11 Å². The van der Waals surface area contributed by atoms with Gasteiger partial charge in [-0.15, -0.1) is 0 Å². The number of aromatic nitrogens is 1. The summed E-state index contributed by atoms with van der Waals surface area (Å²) < 4.78 is 12.3. The van der Waals surface area contributed by atoms with E-state index in [4.69, 9.17) is 9.47 Å². The molecule has 0 spiro atoms. The molecule has 30 heavy (non-hydrogen) atoms. The number of methoxy groups -OCH3 is 1. The molecule has 3 aromatic rings. The molecule has 1 N–H and O–H groups in total. The molecular formula is C25H22N2O3. The third kappa shape index (κ3) is 2.28. The van der Waals surface area contributed by atoms with Gasteiger partial charge in [-0.05, 0) is 35.6 Å². The quantitative estimate of drug-likeness (QED) is 0.713. The van der Waals surface area contributed by atoms with Crippen LogP contribution in [0.25, 0.3) is 0 Å². The van der Waals surface area contributed by atoms with Crippen LogP contribution >= 0.6 is 0 Å². The molecule has 5 rings (SSSR count). The molecule has 3 unspecified atom stereocenters. The van der Waals surface area contributed by atoms with Crippen LogP contribution in [0.2, 0.25) is 0 Å². The van der Waals surface area contributed by atoms with E-state index >= 15 is 0 Å². The van der Waals surface area contributed by atoms with E-state index in [0.717, 1.165) is 11.1 Å². The molecule has 5 nitrogen and oxygen atoms in total. The van der Waals surface area contributed by atoms with Gasteiger partial charge in [0.15, 0.2) is 5.60 Å². The summed E-state index contributed by atoms with van der Waals surface area (Å²) in [7, 11) is 1.58. The number of aliphatic hydroxyl groups is 1. The molecule has 1 aromatic heterocycles. The fourth-order valence-corrected chi connectivity index (χ4v) is 5.56. The minimum Gasteiger partial charge on any atom is -0.495 e. The van der Waals surface area contributed by atoms with E-state index in [0.29, 0.717) is 29.0 Å². The highest BCUT2D eigenvalue weighted by atomic mass is 16.5. The van der Waals surface area contributed by atoms with Gasteiger partial charge in [-0.25, -0.2) is 0 Å². The van der Waals surface area contributed by atoms with Crippen molar-refractivity contribution in [3.63, 3.8) is 0 Å². The maximum Gasteiger partial charge on any atom is 0.174 e. The Balaban J connectivity index is 1.81. The topological polar surface area (TPSA) is 75.4 Å². The monoisotopic (exact) mass is 398 g/mol. The maximum absolute atomic E-state index is 12.3. The van der Waals surface area contributed by atoms with Gasteiger partial charge in [-0.2, -0.15) is 5.26 Å². The summed E-state index contributed by atoms with van der Waals surface area (Å²) in [5.41, 5.74) is 0.793. The summed E-state index contributed by atoms with van der Waals surface area (Å²) in [6.45, 7) is 2.15. The van der Waals surface area contributed by atoms with Gasteiger partial charge >= 0.3 is 0 Å². The second-order valence-corrected chi connectivity index (χ2v) is 8.17. The van der Waals surface area contributed by atoms with Gasteiger partial charge in [0.2, 0.25) is 0 Å².